The number of nitrogens with zero attached hydrogens (tertiary/aromatic N) is 1. The zero-order chi connectivity index (χ0) is 13.5. The van der Waals surface area contributed by atoms with Crippen LogP contribution in [0.5, 0.6) is 5.75 Å². The quantitative estimate of drug-likeness (QED) is 0.834. The molecular weight excluding hydrogens is 235 g/mol. The molecule has 0 aliphatic carbocycles. The fourth-order valence-electron chi connectivity index (χ4n) is 1.47. The SMILES string of the molecule is CCN(C)C(=O)COc1c(F)cccc1CNC. The summed E-state index contributed by atoms with van der Waals surface area (Å²) < 4.78 is 18.9. The summed E-state index contributed by atoms with van der Waals surface area (Å²) in [7, 11) is 3.45. The molecule has 1 aromatic carbocycles. The molecule has 18 heavy (non-hydrogen) atoms. The van der Waals surface area contributed by atoms with E-state index in [0.29, 0.717) is 18.7 Å². The summed E-state index contributed by atoms with van der Waals surface area (Å²) in [5.41, 5.74) is 0.699. The second-order valence-electron chi connectivity index (χ2n) is 3.96. The number of hydrogen-bond donors (Lipinski definition) is 1. The number of carbonyl (C=O) groups excluding carboxylic acids is 1. The van der Waals surface area contributed by atoms with Crippen molar-refractivity contribution < 1.29 is 13.9 Å². The highest BCUT2D eigenvalue weighted by molar-refractivity contribution is 5.77. The van der Waals surface area contributed by atoms with E-state index in [1.165, 1.54) is 11.0 Å². The Morgan fingerprint density at radius 1 is 1.50 bits per heavy atom. The minimum Gasteiger partial charge on any atom is -0.480 e. The predicted octanol–water partition coefficient (Wildman–Crippen LogP) is 1.40. The van der Waals surface area contributed by atoms with Crippen LogP contribution in [0.4, 0.5) is 4.39 Å². The van der Waals surface area contributed by atoms with Crippen molar-refractivity contribution in [3.63, 3.8) is 0 Å². The van der Waals surface area contributed by atoms with E-state index in [9.17, 15) is 9.18 Å². The largest absolute Gasteiger partial charge is 0.480 e. The average molecular weight is 254 g/mol. The molecule has 0 saturated heterocycles. The zero-order valence-electron chi connectivity index (χ0n) is 11.0. The van der Waals surface area contributed by atoms with Gasteiger partial charge in [-0.2, -0.15) is 0 Å². The van der Waals surface area contributed by atoms with Gasteiger partial charge in [-0.1, -0.05) is 12.1 Å². The molecule has 0 spiro atoms. The zero-order valence-corrected chi connectivity index (χ0v) is 11.0. The van der Waals surface area contributed by atoms with Crippen LogP contribution in [0.25, 0.3) is 0 Å². The van der Waals surface area contributed by atoms with Gasteiger partial charge < -0.3 is 15.0 Å². The Morgan fingerprint density at radius 3 is 2.83 bits per heavy atom. The van der Waals surface area contributed by atoms with E-state index in [4.69, 9.17) is 4.74 Å². The van der Waals surface area contributed by atoms with E-state index < -0.39 is 5.82 Å². The molecular formula is C13H19FN2O2. The van der Waals surface area contributed by atoms with Gasteiger partial charge in [-0.15, -0.1) is 0 Å². The van der Waals surface area contributed by atoms with Crippen LogP contribution in [0.2, 0.25) is 0 Å². The van der Waals surface area contributed by atoms with Gasteiger partial charge in [0.2, 0.25) is 0 Å². The molecule has 0 fully saturated rings. The molecule has 0 bridgehead atoms. The Bertz CT molecular complexity index is 410. The summed E-state index contributed by atoms with van der Waals surface area (Å²) in [6, 6.07) is 4.71. The van der Waals surface area contributed by atoms with E-state index >= 15 is 0 Å². The summed E-state index contributed by atoms with van der Waals surface area (Å²) in [6.45, 7) is 2.81. The molecule has 0 aliphatic rings. The van der Waals surface area contributed by atoms with Gasteiger partial charge in [0.05, 0.1) is 0 Å². The fourth-order valence-corrected chi connectivity index (χ4v) is 1.47. The van der Waals surface area contributed by atoms with Crippen LogP contribution >= 0.6 is 0 Å². The molecule has 5 heteroatoms. The molecule has 0 unspecified atom stereocenters. The van der Waals surface area contributed by atoms with Gasteiger partial charge in [0.15, 0.2) is 18.2 Å². The summed E-state index contributed by atoms with van der Waals surface area (Å²) in [6.07, 6.45) is 0. The molecule has 1 rings (SSSR count). The van der Waals surface area contributed by atoms with Crippen LogP contribution in [0.1, 0.15) is 12.5 Å². The molecule has 1 N–H and O–H groups in total. The monoisotopic (exact) mass is 254 g/mol. The Labute approximate surface area is 107 Å². The number of nitrogens with one attached hydrogen (secondary N) is 1. The highest BCUT2D eigenvalue weighted by atomic mass is 19.1. The molecule has 0 saturated carbocycles. The Hall–Kier alpha value is -1.62. The van der Waals surface area contributed by atoms with E-state index in [2.05, 4.69) is 5.32 Å². The lowest BCUT2D eigenvalue weighted by Gasteiger charge is -2.16. The minimum absolute atomic E-state index is 0.143. The predicted molar refractivity (Wildman–Crippen MR) is 68.0 cm³/mol. The number of benzene rings is 1. The number of halogens is 1. The van der Waals surface area contributed by atoms with Gasteiger partial charge in [0.1, 0.15) is 0 Å². The number of ether oxygens (including phenoxy) is 1. The van der Waals surface area contributed by atoms with Gasteiger partial charge in [0, 0.05) is 25.7 Å². The summed E-state index contributed by atoms with van der Waals surface area (Å²) in [5.74, 6) is -0.476. The number of likely N-dealkylation sites (N-methyl/N-ethyl adjacent to an activating group) is 1. The number of rotatable bonds is 6. The first kappa shape index (κ1) is 14.4. The molecule has 0 atom stereocenters. The second-order valence-corrected chi connectivity index (χ2v) is 3.96. The molecule has 100 valence electrons. The third-order valence-corrected chi connectivity index (χ3v) is 2.66. The number of para-hydroxylation sites is 1. The van der Waals surface area contributed by atoms with Crippen molar-refractivity contribution >= 4 is 5.91 Å². The van der Waals surface area contributed by atoms with Crippen molar-refractivity contribution in [3.8, 4) is 5.75 Å². The fraction of sp³-hybridized carbons (Fsp3) is 0.462. The minimum atomic E-state index is -0.449. The molecule has 0 radical (unpaired) electrons. The lowest BCUT2D eigenvalue weighted by Crippen LogP contribution is -2.31. The molecule has 1 aromatic rings. The van der Waals surface area contributed by atoms with Crippen molar-refractivity contribution in [1.29, 1.82) is 0 Å². The highest BCUT2D eigenvalue weighted by Crippen LogP contribution is 2.22. The van der Waals surface area contributed by atoms with Crippen molar-refractivity contribution in [1.82, 2.24) is 10.2 Å². The number of hydrogen-bond acceptors (Lipinski definition) is 3. The Kier molecular flexibility index (Phi) is 5.58. The summed E-state index contributed by atoms with van der Waals surface area (Å²) in [5, 5.41) is 2.93. The maximum atomic E-state index is 13.6. The molecule has 0 heterocycles. The van der Waals surface area contributed by atoms with E-state index in [-0.39, 0.29) is 18.3 Å². The first-order chi connectivity index (χ1) is 8.60. The van der Waals surface area contributed by atoms with Crippen molar-refractivity contribution in [2.24, 2.45) is 0 Å². The number of carbonyl (C=O) groups is 1. The van der Waals surface area contributed by atoms with Crippen molar-refractivity contribution in [3.05, 3.63) is 29.6 Å². The van der Waals surface area contributed by atoms with Crippen molar-refractivity contribution in [2.75, 3.05) is 27.2 Å². The Balaban J connectivity index is 2.74. The van der Waals surface area contributed by atoms with E-state index in [1.807, 2.05) is 6.92 Å². The average Bonchev–Trinajstić information content (AvgIpc) is 2.37. The normalized spacial score (nSPS) is 10.2. The van der Waals surface area contributed by atoms with Crippen LogP contribution in [-0.4, -0.2) is 38.1 Å². The Morgan fingerprint density at radius 2 is 2.22 bits per heavy atom. The smallest absolute Gasteiger partial charge is 0.260 e. The van der Waals surface area contributed by atoms with Gasteiger partial charge in [-0.05, 0) is 20.0 Å². The third-order valence-electron chi connectivity index (χ3n) is 2.66. The van der Waals surface area contributed by atoms with Crippen LogP contribution in [0, 0.1) is 5.82 Å². The van der Waals surface area contributed by atoms with Crippen molar-refractivity contribution in [2.45, 2.75) is 13.5 Å². The second kappa shape index (κ2) is 6.96. The maximum absolute atomic E-state index is 13.6. The highest BCUT2D eigenvalue weighted by Gasteiger charge is 2.13. The molecule has 0 aromatic heterocycles. The van der Waals surface area contributed by atoms with Gasteiger partial charge in [-0.25, -0.2) is 4.39 Å². The molecule has 1 amide bonds. The lowest BCUT2D eigenvalue weighted by molar-refractivity contribution is -0.131. The first-order valence-electron chi connectivity index (χ1n) is 5.88. The van der Waals surface area contributed by atoms with Crippen LogP contribution < -0.4 is 10.1 Å². The maximum Gasteiger partial charge on any atom is 0.260 e. The molecule has 0 aliphatic heterocycles. The third kappa shape index (κ3) is 3.70. The van der Waals surface area contributed by atoms with Crippen LogP contribution in [-0.2, 0) is 11.3 Å². The standard InChI is InChI=1S/C13H19FN2O2/c1-4-16(3)12(17)9-18-13-10(8-15-2)6-5-7-11(13)14/h5-7,15H,4,8-9H2,1-3H3. The van der Waals surface area contributed by atoms with Gasteiger partial charge in [-0.3, -0.25) is 4.79 Å². The first-order valence-corrected chi connectivity index (χ1v) is 5.88. The lowest BCUT2D eigenvalue weighted by atomic mass is 10.2. The van der Waals surface area contributed by atoms with Crippen LogP contribution in [0.15, 0.2) is 18.2 Å². The summed E-state index contributed by atoms with van der Waals surface area (Å²) >= 11 is 0. The van der Waals surface area contributed by atoms with E-state index in [0.717, 1.165) is 0 Å². The van der Waals surface area contributed by atoms with E-state index in [1.54, 1.807) is 26.2 Å². The van der Waals surface area contributed by atoms with Crippen LogP contribution in [0.3, 0.4) is 0 Å². The molecule has 4 nitrogen and oxygen atoms in total. The topological polar surface area (TPSA) is 41.6 Å². The number of amides is 1. The van der Waals surface area contributed by atoms with Gasteiger partial charge in [0.25, 0.3) is 5.91 Å². The summed E-state index contributed by atoms with van der Waals surface area (Å²) in [4.78, 5) is 13.1. The van der Waals surface area contributed by atoms with Gasteiger partial charge >= 0.3 is 0 Å².